The van der Waals surface area contributed by atoms with E-state index in [-0.39, 0.29) is 11.9 Å². The average Bonchev–Trinajstić information content (AvgIpc) is 2.72. The van der Waals surface area contributed by atoms with E-state index in [9.17, 15) is 9.59 Å². The van der Waals surface area contributed by atoms with Crippen molar-refractivity contribution in [1.29, 1.82) is 5.26 Å². The Labute approximate surface area is 68.1 Å². The van der Waals surface area contributed by atoms with Crippen LogP contribution < -0.4 is 10.6 Å². The summed E-state index contributed by atoms with van der Waals surface area (Å²) in [5.74, 6) is -0.377. The number of carbonyl (C=O) groups excluding carboxylic acids is 2. The number of amides is 3. The van der Waals surface area contributed by atoms with Gasteiger partial charge in [-0.1, -0.05) is 0 Å². The number of nitrogens with zero attached hydrogens (tertiary/aromatic N) is 2. The summed E-state index contributed by atoms with van der Waals surface area (Å²) < 4.78 is 0. The number of carbonyl (C=O) groups is 2. The van der Waals surface area contributed by atoms with Crippen LogP contribution in [-0.2, 0) is 4.79 Å². The lowest BCUT2D eigenvalue weighted by Gasteiger charge is -2.05. The molecule has 2 N–H and O–H groups in total. The first-order valence-electron chi connectivity index (χ1n) is 3.49. The van der Waals surface area contributed by atoms with Crippen molar-refractivity contribution < 1.29 is 9.59 Å². The summed E-state index contributed by atoms with van der Waals surface area (Å²) in [6.45, 7) is 0.550. The van der Waals surface area contributed by atoms with Gasteiger partial charge in [0.2, 0.25) is 0 Å². The molecule has 2 fully saturated rings. The lowest BCUT2D eigenvalue weighted by atomic mass is 10.5. The highest BCUT2D eigenvalue weighted by atomic mass is 16.2. The van der Waals surface area contributed by atoms with E-state index in [0.29, 0.717) is 6.54 Å². The van der Waals surface area contributed by atoms with Crippen LogP contribution in [0.25, 0.3) is 0 Å². The number of urea groups is 1. The average molecular weight is 166 g/mol. The minimum Gasteiger partial charge on any atom is -0.314 e. The quantitative estimate of drug-likeness (QED) is 0.361. The number of hydrogen-bond acceptors (Lipinski definition) is 4. The Bertz CT molecular complexity index is 294. The maximum absolute atomic E-state index is 11.0. The summed E-state index contributed by atoms with van der Waals surface area (Å²) in [5, 5.41) is 13.0. The molecule has 6 nitrogen and oxygen atoms in total. The Hall–Kier alpha value is -1.61. The molecule has 3 atom stereocenters. The highest BCUT2D eigenvalue weighted by Crippen LogP contribution is 2.20. The van der Waals surface area contributed by atoms with Crippen LogP contribution in [0.4, 0.5) is 4.79 Å². The van der Waals surface area contributed by atoms with E-state index in [1.165, 1.54) is 0 Å². The van der Waals surface area contributed by atoms with E-state index in [2.05, 4.69) is 10.6 Å². The van der Waals surface area contributed by atoms with Gasteiger partial charge in [0.1, 0.15) is 6.04 Å². The summed E-state index contributed by atoms with van der Waals surface area (Å²) in [6, 6.07) is 1.28. The third-order valence-electron chi connectivity index (χ3n) is 1.88. The molecule has 0 aliphatic carbocycles. The second-order valence-electron chi connectivity index (χ2n) is 2.71. The minimum absolute atomic E-state index is 0.223. The monoisotopic (exact) mass is 166 g/mol. The molecule has 6 heteroatoms. The third-order valence-corrected chi connectivity index (χ3v) is 1.88. The summed E-state index contributed by atoms with van der Waals surface area (Å²) in [7, 11) is 0. The van der Waals surface area contributed by atoms with Gasteiger partial charge in [-0.3, -0.25) is 15.0 Å². The van der Waals surface area contributed by atoms with Crippen molar-refractivity contribution >= 4 is 11.9 Å². The zero-order chi connectivity index (χ0) is 8.72. The molecule has 0 aromatic carbocycles. The second-order valence-corrected chi connectivity index (χ2v) is 2.71. The Kier molecular flexibility index (Phi) is 1.29. The van der Waals surface area contributed by atoms with Gasteiger partial charge >= 0.3 is 6.03 Å². The van der Waals surface area contributed by atoms with Crippen LogP contribution in [0.1, 0.15) is 0 Å². The Morgan fingerprint density at radius 2 is 2.33 bits per heavy atom. The van der Waals surface area contributed by atoms with E-state index < -0.39 is 12.2 Å². The number of imide groups is 1. The second kappa shape index (κ2) is 2.19. The van der Waals surface area contributed by atoms with Crippen LogP contribution in [0.5, 0.6) is 0 Å². The van der Waals surface area contributed by atoms with Crippen molar-refractivity contribution in [2.45, 2.75) is 12.2 Å². The molecule has 12 heavy (non-hydrogen) atoms. The fourth-order valence-electron chi connectivity index (χ4n) is 1.19. The Morgan fingerprint density at radius 3 is 2.75 bits per heavy atom. The number of nitrogens with one attached hydrogen (secondary N) is 2. The van der Waals surface area contributed by atoms with Crippen LogP contribution in [-0.4, -0.2) is 35.6 Å². The maximum atomic E-state index is 11.0. The smallest absolute Gasteiger partial charge is 0.314 e. The highest BCUT2D eigenvalue weighted by molar-refractivity contribution is 6.04. The predicted molar refractivity (Wildman–Crippen MR) is 36.6 cm³/mol. The molecule has 0 spiro atoms. The molecule has 2 saturated heterocycles. The first-order chi connectivity index (χ1) is 5.72. The van der Waals surface area contributed by atoms with Gasteiger partial charge in [-0.05, 0) is 0 Å². The van der Waals surface area contributed by atoms with Gasteiger partial charge in [0.05, 0.1) is 6.07 Å². The van der Waals surface area contributed by atoms with Crippen molar-refractivity contribution in [3.8, 4) is 6.07 Å². The molecule has 0 saturated carbocycles. The molecule has 3 unspecified atom stereocenters. The first-order valence-corrected chi connectivity index (χ1v) is 3.49. The van der Waals surface area contributed by atoms with E-state index in [4.69, 9.17) is 5.26 Å². The van der Waals surface area contributed by atoms with E-state index in [0.717, 1.165) is 0 Å². The molecule has 2 aliphatic heterocycles. The molecular weight excluding hydrogens is 160 g/mol. The number of rotatable bonds is 1. The summed E-state index contributed by atoms with van der Waals surface area (Å²) >= 11 is 0. The molecular formula is C6H6N4O2. The molecule has 0 radical (unpaired) electrons. The van der Waals surface area contributed by atoms with Crippen molar-refractivity contribution in [3.63, 3.8) is 0 Å². The van der Waals surface area contributed by atoms with Crippen molar-refractivity contribution in [2.75, 3.05) is 6.54 Å². The minimum atomic E-state index is -0.637. The van der Waals surface area contributed by atoms with E-state index in [1.807, 2.05) is 6.07 Å². The molecule has 2 heterocycles. The fourth-order valence-corrected chi connectivity index (χ4v) is 1.19. The Morgan fingerprint density at radius 1 is 1.58 bits per heavy atom. The molecule has 2 rings (SSSR count). The van der Waals surface area contributed by atoms with Crippen LogP contribution >= 0.6 is 0 Å². The van der Waals surface area contributed by atoms with E-state index >= 15 is 0 Å². The predicted octanol–water partition coefficient (Wildman–Crippen LogP) is -1.64. The van der Waals surface area contributed by atoms with Crippen LogP contribution in [0.3, 0.4) is 0 Å². The number of hydrogen-bond donors (Lipinski definition) is 2. The lowest BCUT2D eigenvalue weighted by molar-refractivity contribution is -0.122. The van der Waals surface area contributed by atoms with Crippen LogP contribution in [0.2, 0.25) is 0 Å². The van der Waals surface area contributed by atoms with Crippen LogP contribution in [0, 0.1) is 11.3 Å². The molecule has 0 aromatic rings. The highest BCUT2D eigenvalue weighted by Gasteiger charge is 2.47. The van der Waals surface area contributed by atoms with Gasteiger partial charge in [0.25, 0.3) is 5.91 Å². The van der Waals surface area contributed by atoms with Crippen molar-refractivity contribution in [3.05, 3.63) is 0 Å². The van der Waals surface area contributed by atoms with Crippen molar-refractivity contribution in [1.82, 2.24) is 15.5 Å². The summed E-state index contributed by atoms with van der Waals surface area (Å²) in [5.41, 5.74) is 0. The van der Waals surface area contributed by atoms with Gasteiger partial charge in [-0.25, -0.2) is 4.79 Å². The largest absolute Gasteiger partial charge is 0.323 e. The van der Waals surface area contributed by atoms with Gasteiger partial charge < -0.3 is 5.32 Å². The first kappa shape index (κ1) is 7.06. The summed E-state index contributed by atoms with van der Waals surface area (Å²) in [4.78, 5) is 23.2. The van der Waals surface area contributed by atoms with Crippen molar-refractivity contribution in [2.24, 2.45) is 0 Å². The van der Waals surface area contributed by atoms with E-state index in [1.54, 1.807) is 4.90 Å². The Balaban J connectivity index is 2.03. The number of nitriles is 1. The SMILES string of the molecule is N#CC1CN1C1NC(=O)NC1=O. The maximum Gasteiger partial charge on any atom is 0.323 e. The lowest BCUT2D eigenvalue weighted by Crippen LogP contribution is -2.37. The van der Waals surface area contributed by atoms with Gasteiger partial charge in [0.15, 0.2) is 6.17 Å². The normalized spacial score (nSPS) is 38.4. The molecule has 3 amide bonds. The third kappa shape index (κ3) is 0.914. The zero-order valence-corrected chi connectivity index (χ0v) is 6.07. The molecule has 0 bridgehead atoms. The topological polar surface area (TPSA) is 85.0 Å². The standard InChI is InChI=1S/C6H6N4O2/c7-1-3-2-10(3)4-5(11)9-6(12)8-4/h3-4H,2H2,(H2,8,9,11,12). The molecule has 2 aliphatic rings. The van der Waals surface area contributed by atoms with Gasteiger partial charge in [-0.2, -0.15) is 5.26 Å². The fraction of sp³-hybridized carbons (Fsp3) is 0.500. The molecule has 62 valence electrons. The van der Waals surface area contributed by atoms with Gasteiger partial charge in [0, 0.05) is 6.54 Å². The molecule has 0 aromatic heterocycles. The van der Waals surface area contributed by atoms with Crippen LogP contribution in [0.15, 0.2) is 0 Å². The summed E-state index contributed by atoms with van der Waals surface area (Å²) in [6.07, 6.45) is -0.637. The zero-order valence-electron chi connectivity index (χ0n) is 6.07. The van der Waals surface area contributed by atoms with Gasteiger partial charge in [-0.15, -0.1) is 0 Å².